The first-order chi connectivity index (χ1) is 12.4. The average Bonchev–Trinajstić information content (AvgIpc) is 2.98. The minimum atomic E-state index is -0.0389. The molecule has 2 fully saturated rings. The Morgan fingerprint density at radius 1 is 1.30 bits per heavy atom. The zero-order valence-electron chi connectivity index (χ0n) is 16.2. The van der Waals surface area contributed by atoms with E-state index in [0.717, 1.165) is 42.5 Å². The van der Waals surface area contributed by atoms with Crippen molar-refractivity contribution in [2.75, 3.05) is 0 Å². The van der Waals surface area contributed by atoms with E-state index in [-0.39, 0.29) is 36.3 Å². The standard InChI is InChI=1S/C20H28N4O2.ClH/c1-10(2)17-16-15(7-11(3)22-20(16)26-24-17)19(25)23-18-12-5-4-6-13(18)9-14(21)8-12;/h7,10,12-14,18H,4-6,8-9,21H2,1-3H3,(H,23,25);1H. The lowest BCUT2D eigenvalue weighted by molar-refractivity contribution is 0.0757. The second kappa shape index (κ2) is 7.76. The average molecular weight is 393 g/mol. The van der Waals surface area contributed by atoms with Crippen LogP contribution >= 0.6 is 12.4 Å². The summed E-state index contributed by atoms with van der Waals surface area (Å²) in [6, 6.07) is 2.35. The topological polar surface area (TPSA) is 94.0 Å². The molecule has 2 aliphatic rings. The van der Waals surface area contributed by atoms with Crippen molar-refractivity contribution in [1.82, 2.24) is 15.5 Å². The maximum absolute atomic E-state index is 13.2. The summed E-state index contributed by atoms with van der Waals surface area (Å²) in [5, 5.41) is 8.25. The third-order valence-corrected chi connectivity index (χ3v) is 6.07. The van der Waals surface area contributed by atoms with E-state index < -0.39 is 0 Å². The molecular formula is C20H29ClN4O2. The number of nitrogens with zero attached hydrogens (tertiary/aromatic N) is 2. The Bertz CT molecular complexity index is 821. The van der Waals surface area contributed by atoms with Gasteiger partial charge in [-0.15, -0.1) is 12.4 Å². The molecule has 2 saturated carbocycles. The van der Waals surface area contributed by atoms with Crippen LogP contribution in [0, 0.1) is 18.8 Å². The van der Waals surface area contributed by atoms with Crippen molar-refractivity contribution < 1.29 is 9.32 Å². The number of hydrogen-bond acceptors (Lipinski definition) is 5. The molecule has 4 rings (SSSR count). The number of rotatable bonds is 3. The number of nitrogens with one attached hydrogen (secondary N) is 1. The van der Waals surface area contributed by atoms with Crippen molar-refractivity contribution in [3.8, 4) is 0 Å². The normalized spacial score (nSPS) is 27.4. The van der Waals surface area contributed by atoms with E-state index in [0.29, 0.717) is 23.1 Å². The number of carbonyl (C=O) groups is 1. The van der Waals surface area contributed by atoms with E-state index in [1.54, 1.807) is 0 Å². The van der Waals surface area contributed by atoms with Crippen LogP contribution in [0.5, 0.6) is 0 Å². The number of pyridine rings is 1. The van der Waals surface area contributed by atoms with Gasteiger partial charge < -0.3 is 15.6 Å². The number of fused-ring (bicyclic) bond motifs is 3. The quantitative estimate of drug-likeness (QED) is 0.830. The summed E-state index contributed by atoms with van der Waals surface area (Å²) in [6.07, 6.45) is 5.58. The van der Waals surface area contributed by atoms with Crippen molar-refractivity contribution in [2.45, 2.75) is 70.9 Å². The molecular weight excluding hydrogens is 364 g/mol. The van der Waals surface area contributed by atoms with Gasteiger partial charge in [0.15, 0.2) is 0 Å². The zero-order chi connectivity index (χ0) is 18.4. The summed E-state index contributed by atoms with van der Waals surface area (Å²) in [7, 11) is 0. The fraction of sp³-hybridized carbons (Fsp3) is 0.650. The Balaban J connectivity index is 0.00000210. The van der Waals surface area contributed by atoms with Gasteiger partial charge in [0, 0.05) is 17.8 Å². The van der Waals surface area contributed by atoms with Crippen LogP contribution in [0.3, 0.4) is 0 Å². The highest BCUT2D eigenvalue weighted by Crippen LogP contribution is 2.40. The molecule has 3 N–H and O–H groups in total. The van der Waals surface area contributed by atoms with Gasteiger partial charge in [0.25, 0.3) is 11.6 Å². The smallest absolute Gasteiger partial charge is 0.259 e. The first-order valence-corrected chi connectivity index (χ1v) is 9.77. The van der Waals surface area contributed by atoms with Gasteiger partial charge in [-0.2, -0.15) is 0 Å². The molecule has 27 heavy (non-hydrogen) atoms. The molecule has 0 aromatic carbocycles. The fourth-order valence-electron chi connectivity index (χ4n) is 4.92. The number of nitrogens with two attached hydrogens (primary N) is 1. The summed E-state index contributed by atoms with van der Waals surface area (Å²) in [4.78, 5) is 17.6. The van der Waals surface area contributed by atoms with Gasteiger partial charge in [-0.1, -0.05) is 25.4 Å². The summed E-state index contributed by atoms with van der Waals surface area (Å²) in [6.45, 7) is 5.97. The highest BCUT2D eigenvalue weighted by molar-refractivity contribution is 6.06. The molecule has 0 spiro atoms. The molecule has 2 aromatic rings. The van der Waals surface area contributed by atoms with Crippen molar-refractivity contribution in [1.29, 1.82) is 0 Å². The van der Waals surface area contributed by atoms with Crippen LogP contribution < -0.4 is 11.1 Å². The lowest BCUT2D eigenvalue weighted by Crippen LogP contribution is -2.53. The van der Waals surface area contributed by atoms with E-state index in [4.69, 9.17) is 10.3 Å². The molecule has 148 valence electrons. The molecule has 2 heterocycles. The lowest BCUT2D eigenvalue weighted by Gasteiger charge is -2.45. The number of halogens is 1. The molecule has 2 atom stereocenters. The van der Waals surface area contributed by atoms with Crippen LogP contribution in [-0.4, -0.2) is 28.1 Å². The van der Waals surface area contributed by atoms with E-state index in [1.165, 1.54) is 6.42 Å². The van der Waals surface area contributed by atoms with Crippen LogP contribution in [0.4, 0.5) is 0 Å². The van der Waals surface area contributed by atoms with Crippen LogP contribution in [0.1, 0.15) is 73.6 Å². The van der Waals surface area contributed by atoms with Gasteiger partial charge in [-0.25, -0.2) is 4.98 Å². The molecule has 0 radical (unpaired) electrons. The van der Waals surface area contributed by atoms with Gasteiger partial charge in [0.05, 0.1) is 16.6 Å². The number of aryl methyl sites for hydroxylation is 1. The van der Waals surface area contributed by atoms with Crippen molar-refractivity contribution in [2.24, 2.45) is 17.6 Å². The number of carbonyl (C=O) groups excluding carboxylic acids is 1. The maximum Gasteiger partial charge on any atom is 0.259 e. The largest absolute Gasteiger partial charge is 0.349 e. The third kappa shape index (κ3) is 3.69. The van der Waals surface area contributed by atoms with Crippen LogP contribution in [0.15, 0.2) is 10.6 Å². The van der Waals surface area contributed by atoms with Crippen LogP contribution in [-0.2, 0) is 0 Å². The Morgan fingerprint density at radius 3 is 2.59 bits per heavy atom. The molecule has 2 aromatic heterocycles. The number of hydrogen-bond donors (Lipinski definition) is 2. The SMILES string of the molecule is Cc1cc(C(=O)NC2C3CCCC2CC(N)C3)c2c(C(C)C)noc2n1.Cl. The summed E-state index contributed by atoms with van der Waals surface area (Å²) in [5.74, 6) is 1.11. The summed E-state index contributed by atoms with van der Waals surface area (Å²) < 4.78 is 5.40. The molecule has 2 bridgehead atoms. The Hall–Kier alpha value is -1.66. The van der Waals surface area contributed by atoms with E-state index in [9.17, 15) is 4.79 Å². The first-order valence-electron chi connectivity index (χ1n) is 9.77. The van der Waals surface area contributed by atoms with Crippen LogP contribution in [0.2, 0.25) is 0 Å². The van der Waals surface area contributed by atoms with E-state index >= 15 is 0 Å². The highest BCUT2D eigenvalue weighted by atomic mass is 35.5. The molecule has 2 aliphatic carbocycles. The molecule has 0 saturated heterocycles. The molecule has 7 heteroatoms. The van der Waals surface area contributed by atoms with Gasteiger partial charge in [-0.3, -0.25) is 4.79 Å². The molecule has 2 unspecified atom stereocenters. The molecule has 0 aliphatic heterocycles. The van der Waals surface area contributed by atoms with Crippen molar-refractivity contribution in [3.63, 3.8) is 0 Å². The molecule has 6 nitrogen and oxygen atoms in total. The van der Waals surface area contributed by atoms with E-state index in [1.807, 2.05) is 26.8 Å². The predicted molar refractivity (Wildman–Crippen MR) is 107 cm³/mol. The van der Waals surface area contributed by atoms with Crippen molar-refractivity contribution in [3.05, 3.63) is 23.0 Å². The van der Waals surface area contributed by atoms with Crippen molar-refractivity contribution >= 4 is 29.4 Å². The van der Waals surface area contributed by atoms with Gasteiger partial charge in [-0.05, 0) is 56.4 Å². The van der Waals surface area contributed by atoms with E-state index in [2.05, 4.69) is 15.5 Å². The number of aromatic nitrogens is 2. The zero-order valence-corrected chi connectivity index (χ0v) is 17.0. The number of amides is 1. The lowest BCUT2D eigenvalue weighted by atomic mass is 9.67. The summed E-state index contributed by atoms with van der Waals surface area (Å²) >= 11 is 0. The summed E-state index contributed by atoms with van der Waals surface area (Å²) in [5.41, 5.74) is 8.86. The Labute approximate surface area is 166 Å². The highest BCUT2D eigenvalue weighted by Gasteiger charge is 2.40. The third-order valence-electron chi connectivity index (χ3n) is 6.07. The van der Waals surface area contributed by atoms with Gasteiger partial charge in [0.2, 0.25) is 0 Å². The second-order valence-electron chi connectivity index (χ2n) is 8.40. The van der Waals surface area contributed by atoms with Crippen LogP contribution in [0.25, 0.3) is 11.1 Å². The Morgan fingerprint density at radius 2 is 1.96 bits per heavy atom. The predicted octanol–water partition coefficient (Wildman–Crippen LogP) is 3.71. The monoisotopic (exact) mass is 392 g/mol. The second-order valence-corrected chi connectivity index (χ2v) is 8.40. The fourth-order valence-corrected chi connectivity index (χ4v) is 4.92. The van der Waals surface area contributed by atoms with Gasteiger partial charge in [0.1, 0.15) is 0 Å². The minimum Gasteiger partial charge on any atom is -0.349 e. The maximum atomic E-state index is 13.2. The Kier molecular flexibility index (Phi) is 5.77. The first kappa shape index (κ1) is 20.1. The minimum absolute atomic E-state index is 0. The molecule has 1 amide bonds. The van der Waals surface area contributed by atoms with Gasteiger partial charge >= 0.3 is 0 Å².